The molecule has 3 aromatic rings. The molecule has 3 rings (SSSR count). The van der Waals surface area contributed by atoms with Gasteiger partial charge in [0, 0.05) is 5.56 Å². The van der Waals surface area contributed by atoms with Gasteiger partial charge in [-0.3, -0.25) is 4.79 Å². The Morgan fingerprint density at radius 1 is 1.32 bits per heavy atom. The Kier molecular flexibility index (Phi) is 3.50. The molecule has 0 saturated carbocycles. The van der Waals surface area contributed by atoms with E-state index in [1.165, 1.54) is 16.9 Å². The molecule has 2 aromatic heterocycles. The Morgan fingerprint density at radius 3 is 2.77 bits per heavy atom. The van der Waals surface area contributed by atoms with Crippen LogP contribution >= 0.6 is 0 Å². The number of benzene rings is 1. The van der Waals surface area contributed by atoms with Gasteiger partial charge in [-0.05, 0) is 32.0 Å². The van der Waals surface area contributed by atoms with E-state index >= 15 is 0 Å². The molecule has 22 heavy (non-hydrogen) atoms. The lowest BCUT2D eigenvalue weighted by Crippen LogP contribution is -2.11. The summed E-state index contributed by atoms with van der Waals surface area (Å²) in [6, 6.07) is 8.07. The van der Waals surface area contributed by atoms with Crippen molar-refractivity contribution in [2.24, 2.45) is 0 Å². The number of aromatic nitrogens is 2. The molecular weight excluding hydrogens is 285 g/mol. The van der Waals surface area contributed by atoms with Crippen LogP contribution in [-0.4, -0.2) is 15.7 Å². The van der Waals surface area contributed by atoms with Gasteiger partial charge in [-0.2, -0.15) is 5.10 Å². The molecule has 0 radical (unpaired) electrons. The van der Waals surface area contributed by atoms with Crippen molar-refractivity contribution >= 4 is 11.6 Å². The Bertz CT molecular complexity index is 836. The van der Waals surface area contributed by atoms with Crippen LogP contribution in [0.15, 0.2) is 47.1 Å². The molecule has 1 N–H and O–H groups in total. The van der Waals surface area contributed by atoms with Crippen molar-refractivity contribution in [3.63, 3.8) is 0 Å². The molecule has 0 aliphatic rings. The van der Waals surface area contributed by atoms with Crippen LogP contribution < -0.4 is 5.32 Å². The van der Waals surface area contributed by atoms with Crippen molar-refractivity contribution in [2.75, 3.05) is 5.32 Å². The van der Waals surface area contributed by atoms with Crippen LogP contribution in [0.5, 0.6) is 0 Å². The maximum Gasteiger partial charge on any atom is 0.291 e. The summed E-state index contributed by atoms with van der Waals surface area (Å²) in [5.41, 5.74) is 1.53. The summed E-state index contributed by atoms with van der Waals surface area (Å²) in [4.78, 5) is 12.1. The van der Waals surface area contributed by atoms with E-state index in [2.05, 4.69) is 10.4 Å². The fourth-order valence-corrected chi connectivity index (χ4v) is 2.21. The molecule has 2 heterocycles. The number of rotatable bonds is 3. The number of carbonyl (C=O) groups is 1. The maximum absolute atomic E-state index is 13.7. The van der Waals surface area contributed by atoms with Gasteiger partial charge in [0.05, 0.1) is 18.1 Å². The average molecular weight is 299 g/mol. The van der Waals surface area contributed by atoms with Crippen molar-refractivity contribution in [1.82, 2.24) is 9.78 Å². The molecule has 0 saturated heterocycles. The first kappa shape index (κ1) is 14.1. The Hall–Kier alpha value is -2.89. The fourth-order valence-electron chi connectivity index (χ4n) is 2.21. The van der Waals surface area contributed by atoms with Crippen molar-refractivity contribution in [1.29, 1.82) is 0 Å². The van der Waals surface area contributed by atoms with Crippen molar-refractivity contribution < 1.29 is 13.6 Å². The molecule has 0 fully saturated rings. The van der Waals surface area contributed by atoms with Gasteiger partial charge in [0.15, 0.2) is 5.76 Å². The molecule has 0 aliphatic heterocycles. The van der Waals surface area contributed by atoms with Crippen LogP contribution in [-0.2, 0) is 0 Å². The predicted octanol–water partition coefficient (Wildman–Crippen LogP) is 3.47. The third-order valence-electron chi connectivity index (χ3n) is 3.19. The predicted molar refractivity (Wildman–Crippen MR) is 79.7 cm³/mol. The lowest BCUT2D eigenvalue weighted by atomic mass is 10.2. The number of amides is 1. The fraction of sp³-hybridized carbons (Fsp3) is 0.125. The Morgan fingerprint density at radius 2 is 2.09 bits per heavy atom. The van der Waals surface area contributed by atoms with Gasteiger partial charge >= 0.3 is 0 Å². The second kappa shape index (κ2) is 5.48. The quantitative estimate of drug-likeness (QED) is 0.805. The Balaban J connectivity index is 1.82. The lowest BCUT2D eigenvalue weighted by molar-refractivity contribution is 0.0994. The third-order valence-corrected chi connectivity index (χ3v) is 3.19. The molecule has 0 atom stereocenters. The number of aryl methyl sites for hydroxylation is 2. The van der Waals surface area contributed by atoms with Crippen LogP contribution in [0.3, 0.4) is 0 Å². The summed E-state index contributed by atoms with van der Waals surface area (Å²) >= 11 is 0. The minimum absolute atomic E-state index is 0.260. The van der Waals surface area contributed by atoms with Crippen LogP contribution in [0.25, 0.3) is 5.69 Å². The summed E-state index contributed by atoms with van der Waals surface area (Å²) in [5.74, 6) is 0.181. The van der Waals surface area contributed by atoms with Gasteiger partial charge < -0.3 is 9.73 Å². The van der Waals surface area contributed by atoms with Crippen molar-refractivity contribution in [3.05, 3.63) is 65.6 Å². The highest BCUT2D eigenvalue weighted by molar-refractivity contribution is 6.03. The van der Waals surface area contributed by atoms with E-state index in [-0.39, 0.29) is 17.5 Å². The lowest BCUT2D eigenvalue weighted by Gasteiger charge is -2.02. The number of halogens is 1. The van der Waals surface area contributed by atoms with Crippen LogP contribution in [0.4, 0.5) is 10.1 Å². The number of nitrogens with zero attached hydrogens (tertiary/aromatic N) is 2. The molecule has 0 aliphatic carbocycles. The van der Waals surface area contributed by atoms with E-state index in [4.69, 9.17) is 4.42 Å². The average Bonchev–Trinajstić information content (AvgIpc) is 3.06. The molecule has 0 spiro atoms. The van der Waals surface area contributed by atoms with E-state index < -0.39 is 0 Å². The minimum Gasteiger partial charge on any atom is -0.456 e. The largest absolute Gasteiger partial charge is 0.456 e. The summed E-state index contributed by atoms with van der Waals surface area (Å²) in [6.07, 6.45) is 3.00. The third kappa shape index (κ3) is 2.63. The van der Waals surface area contributed by atoms with Gasteiger partial charge in [0.1, 0.15) is 17.3 Å². The van der Waals surface area contributed by atoms with E-state index in [1.54, 1.807) is 44.3 Å². The van der Waals surface area contributed by atoms with E-state index in [9.17, 15) is 9.18 Å². The molecule has 112 valence electrons. The highest BCUT2D eigenvalue weighted by atomic mass is 19.1. The number of hydrogen-bond donors (Lipinski definition) is 1. The number of para-hydroxylation sites is 1. The second-order valence-corrected chi connectivity index (χ2v) is 4.95. The highest BCUT2D eigenvalue weighted by Gasteiger charge is 2.15. The van der Waals surface area contributed by atoms with Crippen molar-refractivity contribution in [2.45, 2.75) is 13.8 Å². The number of carbonyl (C=O) groups excluding carboxylic acids is 1. The highest BCUT2D eigenvalue weighted by Crippen LogP contribution is 2.18. The molecule has 6 heteroatoms. The SMILES string of the molecule is Cc1cc(C)c(C(=O)Nc2cnn(-c3ccccc3F)c2)o1. The summed E-state index contributed by atoms with van der Waals surface area (Å²) < 4.78 is 20.4. The van der Waals surface area contributed by atoms with Gasteiger partial charge in [0.25, 0.3) is 5.91 Å². The van der Waals surface area contributed by atoms with Gasteiger partial charge in [0.2, 0.25) is 0 Å². The second-order valence-electron chi connectivity index (χ2n) is 4.95. The normalized spacial score (nSPS) is 10.7. The number of nitrogens with one attached hydrogen (secondary N) is 1. The number of anilines is 1. The molecule has 0 bridgehead atoms. The maximum atomic E-state index is 13.7. The molecule has 0 unspecified atom stereocenters. The summed E-state index contributed by atoms with van der Waals surface area (Å²) in [7, 11) is 0. The summed E-state index contributed by atoms with van der Waals surface area (Å²) in [5, 5.41) is 6.74. The van der Waals surface area contributed by atoms with Gasteiger partial charge in [-0.25, -0.2) is 9.07 Å². The van der Waals surface area contributed by atoms with E-state index in [1.807, 2.05) is 0 Å². The first-order chi connectivity index (χ1) is 10.5. The zero-order valence-electron chi connectivity index (χ0n) is 12.1. The van der Waals surface area contributed by atoms with E-state index in [0.717, 1.165) is 5.56 Å². The minimum atomic E-state index is -0.388. The van der Waals surface area contributed by atoms with Crippen molar-refractivity contribution in [3.8, 4) is 5.69 Å². The molecule has 1 aromatic carbocycles. The van der Waals surface area contributed by atoms with Crippen LogP contribution in [0.1, 0.15) is 21.9 Å². The zero-order valence-corrected chi connectivity index (χ0v) is 12.1. The summed E-state index contributed by atoms with van der Waals surface area (Å²) in [6.45, 7) is 3.58. The van der Waals surface area contributed by atoms with E-state index in [0.29, 0.717) is 17.1 Å². The van der Waals surface area contributed by atoms with Crippen LogP contribution in [0.2, 0.25) is 0 Å². The molecule has 1 amide bonds. The smallest absolute Gasteiger partial charge is 0.291 e. The molecular formula is C16H14FN3O2. The number of furan rings is 1. The number of hydrogen-bond acceptors (Lipinski definition) is 3. The van der Waals surface area contributed by atoms with Gasteiger partial charge in [-0.15, -0.1) is 0 Å². The monoisotopic (exact) mass is 299 g/mol. The standard InChI is InChI=1S/C16H14FN3O2/c1-10-7-11(2)22-15(10)16(21)19-12-8-18-20(9-12)14-6-4-3-5-13(14)17/h3-9H,1-2H3,(H,19,21). The topological polar surface area (TPSA) is 60.1 Å². The zero-order chi connectivity index (χ0) is 15.7. The first-order valence-corrected chi connectivity index (χ1v) is 6.72. The molecule has 5 nitrogen and oxygen atoms in total. The Labute approximate surface area is 126 Å². The van der Waals surface area contributed by atoms with Gasteiger partial charge in [-0.1, -0.05) is 12.1 Å². The first-order valence-electron chi connectivity index (χ1n) is 6.72. The van der Waals surface area contributed by atoms with Crippen LogP contribution in [0, 0.1) is 19.7 Å².